The van der Waals surface area contributed by atoms with Crippen molar-refractivity contribution in [1.82, 2.24) is 10.2 Å². The van der Waals surface area contributed by atoms with Crippen molar-refractivity contribution in [2.24, 2.45) is 0 Å². The van der Waals surface area contributed by atoms with Gasteiger partial charge >= 0.3 is 0 Å². The van der Waals surface area contributed by atoms with E-state index in [1.165, 1.54) is 12.1 Å². The minimum atomic E-state index is -4.16. The lowest BCUT2D eigenvalue weighted by atomic mass is 10.0. The number of aryl methyl sites for hydroxylation is 1. The first-order valence-corrected chi connectivity index (χ1v) is 17.1. The number of hydrogen-bond acceptors (Lipinski definition) is 4. The summed E-state index contributed by atoms with van der Waals surface area (Å²) in [4.78, 5) is 30.3. The molecule has 0 heterocycles. The van der Waals surface area contributed by atoms with E-state index in [0.717, 1.165) is 46.7 Å². The van der Waals surface area contributed by atoms with E-state index in [0.29, 0.717) is 10.7 Å². The van der Waals surface area contributed by atoms with Crippen LogP contribution in [0.5, 0.6) is 0 Å². The molecule has 45 heavy (non-hydrogen) atoms. The maximum absolute atomic E-state index is 14.6. The summed E-state index contributed by atoms with van der Waals surface area (Å²) in [6.45, 7) is 1.59. The summed E-state index contributed by atoms with van der Waals surface area (Å²) < 4.78 is 29.2. The van der Waals surface area contributed by atoms with Crippen molar-refractivity contribution in [1.29, 1.82) is 0 Å². The molecule has 1 aliphatic carbocycles. The fraction of sp³-hybridized carbons (Fsp3) is 0.278. The fourth-order valence-corrected chi connectivity index (χ4v) is 7.31. The normalized spacial score (nSPS) is 14.1. The van der Waals surface area contributed by atoms with Crippen LogP contribution in [0.4, 0.5) is 5.69 Å². The predicted molar refractivity (Wildman–Crippen MR) is 178 cm³/mol. The van der Waals surface area contributed by atoms with Crippen LogP contribution in [0.2, 0.25) is 5.02 Å². The molecule has 1 N–H and O–H groups in total. The molecular weight excluding hydrogens is 606 g/mol. The zero-order valence-corrected chi connectivity index (χ0v) is 26.9. The molecule has 1 aliphatic rings. The zero-order valence-electron chi connectivity index (χ0n) is 25.3. The molecule has 0 aromatic heterocycles. The number of anilines is 1. The van der Waals surface area contributed by atoms with Crippen LogP contribution in [0, 0.1) is 6.92 Å². The molecule has 0 bridgehead atoms. The number of sulfonamides is 1. The summed E-state index contributed by atoms with van der Waals surface area (Å²) >= 11 is 6.14. The first kappa shape index (κ1) is 32.3. The monoisotopic (exact) mass is 643 g/mol. The van der Waals surface area contributed by atoms with E-state index in [1.807, 2.05) is 61.5 Å². The Morgan fingerprint density at radius 1 is 0.844 bits per heavy atom. The molecule has 0 saturated heterocycles. The van der Waals surface area contributed by atoms with E-state index in [4.69, 9.17) is 11.6 Å². The number of nitrogens with one attached hydrogen (secondary N) is 1. The predicted octanol–water partition coefficient (Wildman–Crippen LogP) is 6.54. The molecule has 1 fully saturated rings. The van der Waals surface area contributed by atoms with Crippen LogP contribution in [0.3, 0.4) is 0 Å². The second kappa shape index (κ2) is 14.8. The summed E-state index contributed by atoms with van der Waals surface area (Å²) in [7, 11) is -4.16. The van der Waals surface area contributed by atoms with E-state index in [9.17, 15) is 18.0 Å². The molecule has 0 unspecified atom stereocenters. The number of halogens is 1. The van der Waals surface area contributed by atoms with Gasteiger partial charge in [0.2, 0.25) is 11.8 Å². The molecule has 0 radical (unpaired) electrons. The van der Waals surface area contributed by atoms with Gasteiger partial charge in [-0.1, -0.05) is 97.2 Å². The molecule has 0 spiro atoms. The van der Waals surface area contributed by atoms with Crippen molar-refractivity contribution in [3.05, 3.63) is 131 Å². The van der Waals surface area contributed by atoms with Crippen molar-refractivity contribution in [3.63, 3.8) is 0 Å². The van der Waals surface area contributed by atoms with Crippen LogP contribution in [0.1, 0.15) is 42.4 Å². The molecule has 4 aromatic carbocycles. The van der Waals surface area contributed by atoms with Crippen LogP contribution >= 0.6 is 11.6 Å². The van der Waals surface area contributed by atoms with Gasteiger partial charge < -0.3 is 10.2 Å². The number of benzene rings is 4. The molecule has 9 heteroatoms. The highest BCUT2D eigenvalue weighted by molar-refractivity contribution is 7.92. The van der Waals surface area contributed by atoms with E-state index in [-0.39, 0.29) is 29.8 Å². The quantitative estimate of drug-likeness (QED) is 0.190. The van der Waals surface area contributed by atoms with E-state index < -0.39 is 28.5 Å². The maximum atomic E-state index is 14.6. The SMILES string of the molecule is Cc1ccccc1CN(C(=O)CN(c1ccc(Cl)cc1)S(=O)(=O)c1ccccc1)[C@@H](Cc1ccccc1)C(=O)NC1CCCC1. The van der Waals surface area contributed by atoms with Gasteiger partial charge in [-0.3, -0.25) is 13.9 Å². The van der Waals surface area contributed by atoms with Crippen LogP contribution < -0.4 is 9.62 Å². The van der Waals surface area contributed by atoms with Gasteiger partial charge in [0.15, 0.2) is 0 Å². The third kappa shape index (κ3) is 8.12. The molecule has 1 saturated carbocycles. The van der Waals surface area contributed by atoms with Gasteiger partial charge in [-0.2, -0.15) is 0 Å². The highest BCUT2D eigenvalue weighted by Gasteiger charge is 2.35. The molecule has 7 nitrogen and oxygen atoms in total. The summed E-state index contributed by atoms with van der Waals surface area (Å²) in [5.41, 5.74) is 3.04. The van der Waals surface area contributed by atoms with Gasteiger partial charge in [-0.05, 0) is 72.9 Å². The van der Waals surface area contributed by atoms with E-state index in [2.05, 4.69) is 5.32 Å². The fourth-order valence-electron chi connectivity index (χ4n) is 5.75. The van der Waals surface area contributed by atoms with Gasteiger partial charge in [0, 0.05) is 24.0 Å². The zero-order chi connectivity index (χ0) is 31.8. The second-order valence-electron chi connectivity index (χ2n) is 11.4. The smallest absolute Gasteiger partial charge is 0.264 e. The Hall–Kier alpha value is -4.14. The molecule has 4 aromatic rings. The lowest BCUT2D eigenvalue weighted by Gasteiger charge is -2.34. The molecular formula is C36H38ClN3O4S. The van der Waals surface area contributed by atoms with Crippen LogP contribution in [0.25, 0.3) is 0 Å². The summed E-state index contributed by atoms with van der Waals surface area (Å²) in [5.74, 6) is -0.730. The van der Waals surface area contributed by atoms with Crippen molar-refractivity contribution >= 4 is 39.1 Å². The van der Waals surface area contributed by atoms with Crippen molar-refractivity contribution < 1.29 is 18.0 Å². The van der Waals surface area contributed by atoms with Crippen LogP contribution in [-0.2, 0) is 32.6 Å². The van der Waals surface area contributed by atoms with E-state index in [1.54, 1.807) is 47.4 Å². The summed E-state index contributed by atoms with van der Waals surface area (Å²) in [6.07, 6.45) is 4.18. The molecule has 2 amide bonds. The Bertz CT molecular complexity index is 1690. The minimum absolute atomic E-state index is 0.0511. The number of carbonyl (C=O) groups excluding carboxylic acids is 2. The standard InChI is InChI=1S/C36H38ClN3O4S/c1-27-12-8-9-15-29(27)25-39(34(24-28-13-4-2-5-14-28)36(42)38-31-16-10-11-17-31)35(41)26-40(32-22-20-30(37)21-23-32)45(43,44)33-18-6-3-7-19-33/h2-9,12-15,18-23,31,34H,10-11,16-17,24-26H2,1H3,(H,38,42)/t34-/m0/s1. The highest BCUT2D eigenvalue weighted by Crippen LogP contribution is 2.27. The highest BCUT2D eigenvalue weighted by atomic mass is 35.5. The molecule has 0 aliphatic heterocycles. The van der Waals surface area contributed by atoms with Gasteiger partial charge in [0.25, 0.3) is 10.0 Å². The molecule has 5 rings (SSSR count). The first-order chi connectivity index (χ1) is 21.7. The average molecular weight is 644 g/mol. The van der Waals surface area contributed by atoms with Crippen molar-refractivity contribution in [2.75, 3.05) is 10.8 Å². The number of rotatable bonds is 12. The first-order valence-electron chi connectivity index (χ1n) is 15.2. The second-order valence-corrected chi connectivity index (χ2v) is 13.7. The number of hydrogen-bond donors (Lipinski definition) is 1. The number of carbonyl (C=O) groups is 2. The Morgan fingerprint density at radius 2 is 1.44 bits per heavy atom. The largest absolute Gasteiger partial charge is 0.352 e. The summed E-state index contributed by atoms with van der Waals surface area (Å²) in [5, 5.41) is 3.64. The average Bonchev–Trinajstić information content (AvgIpc) is 3.56. The Morgan fingerprint density at radius 3 is 2.09 bits per heavy atom. The topological polar surface area (TPSA) is 86.8 Å². The van der Waals surface area contributed by atoms with Gasteiger partial charge in [-0.15, -0.1) is 0 Å². The van der Waals surface area contributed by atoms with Crippen molar-refractivity contribution in [3.8, 4) is 0 Å². The maximum Gasteiger partial charge on any atom is 0.264 e. The van der Waals surface area contributed by atoms with Gasteiger partial charge in [-0.25, -0.2) is 8.42 Å². The molecule has 234 valence electrons. The third-order valence-electron chi connectivity index (χ3n) is 8.30. The molecule has 1 atom stereocenters. The Kier molecular flexibility index (Phi) is 10.6. The van der Waals surface area contributed by atoms with Gasteiger partial charge in [0.1, 0.15) is 12.6 Å². The Labute approximate surface area is 270 Å². The number of nitrogens with zero attached hydrogens (tertiary/aromatic N) is 2. The lowest BCUT2D eigenvalue weighted by Crippen LogP contribution is -2.54. The van der Waals surface area contributed by atoms with Crippen LogP contribution in [-0.4, -0.2) is 43.8 Å². The van der Waals surface area contributed by atoms with Crippen LogP contribution in [0.15, 0.2) is 114 Å². The van der Waals surface area contributed by atoms with E-state index >= 15 is 0 Å². The van der Waals surface area contributed by atoms with Crippen molar-refractivity contribution in [2.45, 2.75) is 62.6 Å². The lowest BCUT2D eigenvalue weighted by molar-refractivity contribution is -0.140. The number of amides is 2. The minimum Gasteiger partial charge on any atom is -0.352 e. The summed E-state index contributed by atoms with van der Waals surface area (Å²) in [6, 6.07) is 30.9. The third-order valence-corrected chi connectivity index (χ3v) is 10.3. The Balaban J connectivity index is 1.56. The van der Waals surface area contributed by atoms with Gasteiger partial charge in [0.05, 0.1) is 10.6 Å².